The Morgan fingerprint density at radius 1 is 1.11 bits per heavy atom. The molecule has 1 aliphatic heterocycles. The molecule has 0 bridgehead atoms. The van der Waals surface area contributed by atoms with Crippen molar-refractivity contribution in [2.24, 2.45) is 0 Å². The van der Waals surface area contributed by atoms with Crippen molar-refractivity contribution in [2.45, 2.75) is 52.4 Å². The molecule has 0 aliphatic carbocycles. The molecule has 0 spiro atoms. The molecule has 0 atom stereocenters. The van der Waals surface area contributed by atoms with Crippen molar-refractivity contribution >= 4 is 12.6 Å². The van der Waals surface area contributed by atoms with Gasteiger partial charge in [-0.05, 0) is 45.3 Å². The van der Waals surface area contributed by atoms with E-state index in [-0.39, 0.29) is 18.3 Å². The van der Waals surface area contributed by atoms with Crippen LogP contribution >= 0.6 is 0 Å². The Morgan fingerprint density at radius 3 is 2.32 bits per heavy atom. The van der Waals surface area contributed by atoms with Crippen LogP contribution in [0.2, 0.25) is 0 Å². The van der Waals surface area contributed by atoms with Gasteiger partial charge in [0.25, 0.3) is 0 Å². The summed E-state index contributed by atoms with van der Waals surface area (Å²) in [5.74, 6) is 0. The topological polar surface area (TPSA) is 30.5 Å². The Bertz CT molecular complexity index is 430. The highest BCUT2D eigenvalue weighted by Crippen LogP contribution is 2.36. The highest BCUT2D eigenvalue weighted by atomic mass is 16.7. The maximum absolute atomic E-state index is 6.07. The molecular formula is C15H24BNO2. The Labute approximate surface area is 116 Å². The normalized spacial score (nSPS) is 20.8. The summed E-state index contributed by atoms with van der Waals surface area (Å²) in [5, 5.41) is 3.33. The van der Waals surface area contributed by atoms with E-state index in [1.807, 2.05) is 0 Å². The zero-order valence-corrected chi connectivity index (χ0v) is 12.6. The molecule has 2 rings (SSSR count). The summed E-state index contributed by atoms with van der Waals surface area (Å²) >= 11 is 0. The van der Waals surface area contributed by atoms with Crippen molar-refractivity contribution in [3.63, 3.8) is 0 Å². The lowest BCUT2D eigenvalue weighted by Crippen LogP contribution is -2.41. The predicted molar refractivity (Wildman–Crippen MR) is 79.5 cm³/mol. The van der Waals surface area contributed by atoms with Gasteiger partial charge in [0.05, 0.1) is 11.2 Å². The van der Waals surface area contributed by atoms with Crippen molar-refractivity contribution in [3.05, 3.63) is 29.8 Å². The summed E-state index contributed by atoms with van der Waals surface area (Å²) in [4.78, 5) is 0. The van der Waals surface area contributed by atoms with Crippen LogP contribution in [0.4, 0.5) is 0 Å². The van der Waals surface area contributed by atoms with Crippen LogP contribution in [0.25, 0.3) is 0 Å². The van der Waals surface area contributed by atoms with Gasteiger partial charge in [-0.2, -0.15) is 0 Å². The molecule has 19 heavy (non-hydrogen) atoms. The molecule has 0 radical (unpaired) electrons. The quantitative estimate of drug-likeness (QED) is 0.842. The molecule has 1 aromatic carbocycles. The first-order valence-corrected chi connectivity index (χ1v) is 7.01. The minimum absolute atomic E-state index is 0.272. The standard InChI is InChI=1S/C15H24BNO2/c1-6-17-11-12-8-7-9-13(10-12)16-18-14(2,3)15(4,5)19-16/h7-10,17H,6,11H2,1-5H3. The second-order valence-electron chi connectivity index (χ2n) is 6.11. The van der Waals surface area contributed by atoms with E-state index >= 15 is 0 Å². The molecule has 1 N–H and O–H groups in total. The van der Waals surface area contributed by atoms with Gasteiger partial charge in [0.1, 0.15) is 0 Å². The van der Waals surface area contributed by atoms with Crippen LogP contribution < -0.4 is 10.8 Å². The molecule has 0 aromatic heterocycles. The SMILES string of the molecule is CCNCc1cccc(B2OC(C)(C)C(C)(C)O2)c1. The molecule has 1 heterocycles. The van der Waals surface area contributed by atoms with E-state index in [0.717, 1.165) is 18.6 Å². The second kappa shape index (κ2) is 5.27. The van der Waals surface area contributed by atoms with Crippen molar-refractivity contribution < 1.29 is 9.31 Å². The monoisotopic (exact) mass is 261 g/mol. The minimum Gasteiger partial charge on any atom is -0.399 e. The van der Waals surface area contributed by atoms with Crippen molar-refractivity contribution in [3.8, 4) is 0 Å². The lowest BCUT2D eigenvalue weighted by Gasteiger charge is -2.32. The molecule has 1 fully saturated rings. The van der Waals surface area contributed by atoms with Crippen LogP contribution in [-0.4, -0.2) is 24.9 Å². The van der Waals surface area contributed by atoms with E-state index in [0.29, 0.717) is 0 Å². The summed E-state index contributed by atoms with van der Waals surface area (Å²) in [6, 6.07) is 8.41. The number of hydrogen-bond donors (Lipinski definition) is 1. The van der Waals surface area contributed by atoms with Crippen LogP contribution in [0.15, 0.2) is 24.3 Å². The Kier molecular flexibility index (Phi) is 4.04. The molecule has 3 nitrogen and oxygen atoms in total. The number of nitrogens with one attached hydrogen (secondary N) is 1. The first kappa shape index (κ1) is 14.6. The van der Waals surface area contributed by atoms with E-state index in [2.05, 4.69) is 64.2 Å². The molecule has 1 aromatic rings. The van der Waals surface area contributed by atoms with Crippen LogP contribution in [0, 0.1) is 0 Å². The van der Waals surface area contributed by atoms with Gasteiger partial charge in [-0.25, -0.2) is 0 Å². The van der Waals surface area contributed by atoms with Crippen LogP contribution in [0.3, 0.4) is 0 Å². The zero-order chi connectivity index (χ0) is 14.1. The first-order chi connectivity index (χ1) is 8.86. The Balaban J connectivity index is 2.15. The molecule has 1 aliphatic rings. The fourth-order valence-electron chi connectivity index (χ4n) is 2.10. The molecule has 1 saturated heterocycles. The van der Waals surface area contributed by atoms with Crippen LogP contribution in [-0.2, 0) is 15.9 Å². The molecule has 4 heteroatoms. The second-order valence-corrected chi connectivity index (χ2v) is 6.11. The van der Waals surface area contributed by atoms with Crippen LogP contribution in [0.1, 0.15) is 40.2 Å². The molecule has 104 valence electrons. The summed E-state index contributed by atoms with van der Waals surface area (Å²) in [7, 11) is -0.272. The van der Waals surface area contributed by atoms with Gasteiger partial charge in [0, 0.05) is 6.54 Å². The largest absolute Gasteiger partial charge is 0.494 e. The fraction of sp³-hybridized carbons (Fsp3) is 0.600. The average molecular weight is 261 g/mol. The van der Waals surface area contributed by atoms with Crippen molar-refractivity contribution in [1.29, 1.82) is 0 Å². The summed E-state index contributed by atoms with van der Waals surface area (Å²) in [5.41, 5.74) is 1.79. The third-order valence-corrected chi connectivity index (χ3v) is 4.06. The van der Waals surface area contributed by atoms with Crippen LogP contribution in [0.5, 0.6) is 0 Å². The molecule has 0 unspecified atom stereocenters. The maximum Gasteiger partial charge on any atom is 0.494 e. The molecule has 0 amide bonds. The van der Waals surface area contributed by atoms with Gasteiger partial charge in [-0.1, -0.05) is 31.2 Å². The highest BCUT2D eigenvalue weighted by molar-refractivity contribution is 6.62. The summed E-state index contributed by atoms with van der Waals surface area (Å²) in [6.45, 7) is 12.3. The van der Waals surface area contributed by atoms with E-state index in [9.17, 15) is 0 Å². The van der Waals surface area contributed by atoms with Crippen molar-refractivity contribution in [1.82, 2.24) is 5.32 Å². The Morgan fingerprint density at radius 2 is 1.74 bits per heavy atom. The third-order valence-electron chi connectivity index (χ3n) is 4.06. The van der Waals surface area contributed by atoms with E-state index < -0.39 is 0 Å². The van der Waals surface area contributed by atoms with Gasteiger partial charge in [-0.3, -0.25) is 0 Å². The molecular weight excluding hydrogens is 237 g/mol. The van der Waals surface area contributed by atoms with Gasteiger partial charge in [-0.15, -0.1) is 0 Å². The predicted octanol–water partition coefficient (Wildman–Crippen LogP) is 2.10. The van der Waals surface area contributed by atoms with E-state index in [1.165, 1.54) is 5.56 Å². The Hall–Kier alpha value is -0.835. The third kappa shape index (κ3) is 3.02. The lowest BCUT2D eigenvalue weighted by molar-refractivity contribution is 0.00578. The number of hydrogen-bond acceptors (Lipinski definition) is 3. The number of benzene rings is 1. The van der Waals surface area contributed by atoms with E-state index in [1.54, 1.807) is 0 Å². The number of rotatable bonds is 4. The minimum atomic E-state index is -0.282. The maximum atomic E-state index is 6.07. The molecule has 0 saturated carbocycles. The zero-order valence-electron chi connectivity index (χ0n) is 12.6. The fourth-order valence-corrected chi connectivity index (χ4v) is 2.10. The first-order valence-electron chi connectivity index (χ1n) is 7.01. The highest BCUT2D eigenvalue weighted by Gasteiger charge is 2.51. The smallest absolute Gasteiger partial charge is 0.399 e. The van der Waals surface area contributed by atoms with Gasteiger partial charge in [0.2, 0.25) is 0 Å². The van der Waals surface area contributed by atoms with Gasteiger partial charge >= 0.3 is 7.12 Å². The summed E-state index contributed by atoms with van der Waals surface area (Å²) in [6.07, 6.45) is 0. The van der Waals surface area contributed by atoms with Gasteiger partial charge in [0.15, 0.2) is 0 Å². The van der Waals surface area contributed by atoms with Crippen molar-refractivity contribution in [2.75, 3.05) is 6.54 Å². The average Bonchev–Trinajstić information content (AvgIpc) is 2.56. The van der Waals surface area contributed by atoms with Gasteiger partial charge < -0.3 is 14.6 Å². The summed E-state index contributed by atoms with van der Waals surface area (Å²) < 4.78 is 12.1. The lowest BCUT2D eigenvalue weighted by atomic mass is 9.78. The van der Waals surface area contributed by atoms with E-state index in [4.69, 9.17) is 9.31 Å².